The van der Waals surface area contributed by atoms with Crippen LogP contribution >= 0.6 is 11.6 Å². The molecule has 0 aliphatic heterocycles. The summed E-state index contributed by atoms with van der Waals surface area (Å²) in [4.78, 5) is 18.9. The number of aromatic nitrogens is 2. The molecular weight excluding hydrogens is 266 g/mol. The molecule has 0 saturated carbocycles. The molecule has 1 aromatic carbocycles. The highest BCUT2D eigenvalue weighted by Crippen LogP contribution is 2.22. The van der Waals surface area contributed by atoms with Gasteiger partial charge in [0, 0.05) is 16.9 Å². The van der Waals surface area contributed by atoms with Crippen LogP contribution in [-0.2, 0) is 0 Å². The maximum atomic E-state index is 10.9. The molecule has 19 heavy (non-hydrogen) atoms. The second-order valence-corrected chi connectivity index (χ2v) is 4.49. The largest absolute Gasteiger partial charge is 0.478 e. The van der Waals surface area contributed by atoms with Crippen LogP contribution in [0.1, 0.15) is 21.6 Å². The molecule has 0 bridgehead atoms. The van der Waals surface area contributed by atoms with Gasteiger partial charge in [-0.2, -0.15) is 0 Å². The zero-order valence-electron chi connectivity index (χ0n) is 10.4. The smallest absolute Gasteiger partial charge is 0.339 e. The first-order valence-corrected chi connectivity index (χ1v) is 5.95. The lowest BCUT2D eigenvalue weighted by molar-refractivity contribution is 0.0695. The molecule has 6 heteroatoms. The van der Waals surface area contributed by atoms with E-state index in [1.165, 1.54) is 6.20 Å². The van der Waals surface area contributed by atoms with Gasteiger partial charge in [-0.3, -0.25) is 0 Å². The fourth-order valence-corrected chi connectivity index (χ4v) is 1.72. The molecule has 1 heterocycles. The van der Waals surface area contributed by atoms with Crippen LogP contribution in [-0.4, -0.2) is 21.0 Å². The van der Waals surface area contributed by atoms with Crippen molar-refractivity contribution in [2.75, 3.05) is 5.32 Å². The minimum Gasteiger partial charge on any atom is -0.478 e. The van der Waals surface area contributed by atoms with Crippen molar-refractivity contribution in [1.82, 2.24) is 9.97 Å². The fraction of sp³-hybridized carbons (Fsp3) is 0.154. The Morgan fingerprint density at radius 2 is 2.11 bits per heavy atom. The molecule has 98 valence electrons. The summed E-state index contributed by atoms with van der Waals surface area (Å²) in [5, 5.41) is 12.5. The number of carboxylic acids is 1. The van der Waals surface area contributed by atoms with Gasteiger partial charge >= 0.3 is 5.97 Å². The van der Waals surface area contributed by atoms with Crippen LogP contribution < -0.4 is 5.32 Å². The molecule has 1 aromatic heterocycles. The van der Waals surface area contributed by atoms with Crippen LogP contribution in [0.3, 0.4) is 0 Å². The van der Waals surface area contributed by atoms with Crippen LogP contribution in [0, 0.1) is 13.8 Å². The maximum Gasteiger partial charge on any atom is 0.339 e. The second kappa shape index (κ2) is 5.24. The zero-order valence-corrected chi connectivity index (χ0v) is 11.2. The maximum absolute atomic E-state index is 10.9. The molecule has 0 spiro atoms. The Hall–Kier alpha value is -2.14. The number of anilines is 2. The molecule has 2 rings (SSSR count). The molecule has 0 atom stereocenters. The Morgan fingerprint density at radius 1 is 1.37 bits per heavy atom. The average molecular weight is 278 g/mol. The van der Waals surface area contributed by atoms with Gasteiger partial charge in [-0.15, -0.1) is 0 Å². The highest BCUT2D eigenvalue weighted by atomic mass is 35.5. The SMILES string of the molecule is Cc1ccc(Nc2ncc(C(=O)O)c(C)n2)cc1Cl. The van der Waals surface area contributed by atoms with Crippen LogP contribution in [0.15, 0.2) is 24.4 Å². The number of halogens is 1. The highest BCUT2D eigenvalue weighted by molar-refractivity contribution is 6.31. The van der Waals surface area contributed by atoms with E-state index in [1.54, 1.807) is 13.0 Å². The number of aromatic carboxylic acids is 1. The third kappa shape index (κ3) is 3.00. The number of nitrogens with one attached hydrogen (secondary N) is 1. The minimum absolute atomic E-state index is 0.0903. The third-order valence-corrected chi connectivity index (χ3v) is 3.04. The highest BCUT2D eigenvalue weighted by Gasteiger charge is 2.10. The van der Waals surface area contributed by atoms with Crippen molar-refractivity contribution >= 4 is 29.2 Å². The predicted molar refractivity (Wildman–Crippen MR) is 73.2 cm³/mol. The number of hydrogen-bond donors (Lipinski definition) is 2. The summed E-state index contributed by atoms with van der Waals surface area (Å²) in [5.41, 5.74) is 2.22. The van der Waals surface area contributed by atoms with Gasteiger partial charge < -0.3 is 10.4 Å². The Morgan fingerprint density at radius 3 is 2.68 bits per heavy atom. The molecule has 0 aliphatic rings. The van der Waals surface area contributed by atoms with Crippen molar-refractivity contribution in [1.29, 1.82) is 0 Å². The summed E-state index contributed by atoms with van der Waals surface area (Å²) in [5.74, 6) is -0.704. The summed E-state index contributed by atoms with van der Waals surface area (Å²) in [6.07, 6.45) is 1.28. The molecule has 0 amide bonds. The first kappa shape index (κ1) is 13.3. The van der Waals surface area contributed by atoms with E-state index < -0.39 is 5.97 Å². The monoisotopic (exact) mass is 277 g/mol. The number of nitrogens with zero attached hydrogens (tertiary/aromatic N) is 2. The quantitative estimate of drug-likeness (QED) is 0.901. The molecule has 5 nitrogen and oxygen atoms in total. The van der Waals surface area contributed by atoms with Crippen molar-refractivity contribution in [2.24, 2.45) is 0 Å². The molecule has 0 unspecified atom stereocenters. The fourth-order valence-electron chi connectivity index (χ4n) is 1.54. The van der Waals surface area contributed by atoms with Gasteiger partial charge in [0.05, 0.1) is 11.3 Å². The van der Waals surface area contributed by atoms with Crippen LogP contribution in [0.25, 0.3) is 0 Å². The van der Waals surface area contributed by atoms with E-state index in [-0.39, 0.29) is 5.56 Å². The number of benzene rings is 1. The normalized spacial score (nSPS) is 10.3. The van der Waals surface area contributed by atoms with Gasteiger partial charge in [-0.1, -0.05) is 17.7 Å². The van der Waals surface area contributed by atoms with Gasteiger partial charge in [0.1, 0.15) is 0 Å². The first-order chi connectivity index (χ1) is 8.97. The van der Waals surface area contributed by atoms with E-state index in [0.717, 1.165) is 11.3 Å². The number of carbonyl (C=O) groups is 1. The third-order valence-electron chi connectivity index (χ3n) is 2.64. The Labute approximate surface area is 115 Å². The number of aryl methyl sites for hydroxylation is 2. The van der Waals surface area contributed by atoms with Crippen LogP contribution in [0.5, 0.6) is 0 Å². The summed E-state index contributed by atoms with van der Waals surface area (Å²) in [6.45, 7) is 3.53. The van der Waals surface area contributed by atoms with Gasteiger partial charge in [-0.05, 0) is 31.5 Å². The summed E-state index contributed by atoms with van der Waals surface area (Å²) < 4.78 is 0. The van der Waals surface area contributed by atoms with Crippen molar-refractivity contribution in [2.45, 2.75) is 13.8 Å². The number of rotatable bonds is 3. The molecule has 0 aliphatic carbocycles. The van der Waals surface area contributed by atoms with E-state index in [2.05, 4.69) is 15.3 Å². The molecule has 2 aromatic rings. The second-order valence-electron chi connectivity index (χ2n) is 4.09. The number of carboxylic acid groups (broad SMARTS) is 1. The van der Waals surface area contributed by atoms with Crippen molar-refractivity contribution in [3.05, 3.63) is 46.2 Å². The first-order valence-electron chi connectivity index (χ1n) is 5.57. The molecular formula is C13H12ClN3O2. The van der Waals surface area contributed by atoms with E-state index in [4.69, 9.17) is 16.7 Å². The lowest BCUT2D eigenvalue weighted by atomic mass is 10.2. The van der Waals surface area contributed by atoms with Gasteiger partial charge in [0.25, 0.3) is 0 Å². The number of hydrogen-bond acceptors (Lipinski definition) is 4. The van der Waals surface area contributed by atoms with E-state index in [9.17, 15) is 4.79 Å². The molecule has 2 N–H and O–H groups in total. The summed E-state index contributed by atoms with van der Waals surface area (Å²) >= 11 is 6.02. The van der Waals surface area contributed by atoms with Crippen LogP contribution in [0.4, 0.5) is 11.6 Å². The summed E-state index contributed by atoms with van der Waals surface area (Å²) in [7, 11) is 0. The lowest BCUT2D eigenvalue weighted by Crippen LogP contribution is -2.06. The predicted octanol–water partition coefficient (Wildman–Crippen LogP) is 3.19. The Bertz CT molecular complexity index is 644. The molecule has 0 fully saturated rings. The van der Waals surface area contributed by atoms with E-state index in [1.807, 2.05) is 19.1 Å². The topological polar surface area (TPSA) is 75.1 Å². The van der Waals surface area contributed by atoms with Gasteiger partial charge in [-0.25, -0.2) is 14.8 Å². The van der Waals surface area contributed by atoms with Crippen molar-refractivity contribution in [3.63, 3.8) is 0 Å². The standard InChI is InChI=1S/C13H12ClN3O2/c1-7-3-4-9(5-11(7)14)17-13-15-6-10(12(18)19)8(2)16-13/h3-6H,1-2H3,(H,18,19)(H,15,16,17). The summed E-state index contributed by atoms with van der Waals surface area (Å²) in [6, 6.07) is 5.49. The Kier molecular flexibility index (Phi) is 3.66. The average Bonchev–Trinajstić information content (AvgIpc) is 2.33. The zero-order chi connectivity index (χ0) is 14.0. The molecule has 0 radical (unpaired) electrons. The van der Waals surface area contributed by atoms with E-state index in [0.29, 0.717) is 16.7 Å². The lowest BCUT2D eigenvalue weighted by Gasteiger charge is -2.07. The van der Waals surface area contributed by atoms with E-state index >= 15 is 0 Å². The van der Waals surface area contributed by atoms with Crippen molar-refractivity contribution < 1.29 is 9.90 Å². The van der Waals surface area contributed by atoms with Crippen molar-refractivity contribution in [3.8, 4) is 0 Å². The minimum atomic E-state index is -1.04. The van der Waals surface area contributed by atoms with Gasteiger partial charge in [0.15, 0.2) is 0 Å². The molecule has 0 saturated heterocycles. The van der Waals surface area contributed by atoms with Gasteiger partial charge in [0.2, 0.25) is 5.95 Å². The van der Waals surface area contributed by atoms with Crippen LogP contribution in [0.2, 0.25) is 5.02 Å². The Balaban J connectivity index is 2.26.